The van der Waals surface area contributed by atoms with E-state index in [0.717, 1.165) is 35.7 Å². The van der Waals surface area contributed by atoms with E-state index in [0.29, 0.717) is 24.5 Å². The van der Waals surface area contributed by atoms with Crippen molar-refractivity contribution in [3.05, 3.63) is 70.7 Å². The number of aromatic nitrogens is 1. The molecule has 31 heavy (non-hydrogen) atoms. The Morgan fingerprint density at radius 1 is 1.32 bits per heavy atom. The Bertz CT molecular complexity index is 927. The van der Waals surface area contributed by atoms with Crippen molar-refractivity contribution in [2.75, 3.05) is 19.7 Å². The van der Waals surface area contributed by atoms with Crippen molar-refractivity contribution in [1.29, 1.82) is 0 Å². The van der Waals surface area contributed by atoms with E-state index in [1.54, 1.807) is 0 Å². The van der Waals surface area contributed by atoms with Crippen LogP contribution in [0.1, 0.15) is 28.8 Å². The lowest BCUT2D eigenvalue weighted by atomic mass is 10.0. The molecule has 3 N–H and O–H groups in total. The van der Waals surface area contributed by atoms with Crippen molar-refractivity contribution >= 4 is 12.4 Å². The maximum atomic E-state index is 12.7. The molecule has 0 aliphatic carbocycles. The molecular formula is C22H26F3N5O. The molecule has 1 saturated heterocycles. The van der Waals surface area contributed by atoms with Crippen LogP contribution in [0.15, 0.2) is 53.3 Å². The minimum absolute atomic E-state index is 0.0197. The number of ether oxygens (including phenoxy) is 1. The van der Waals surface area contributed by atoms with Gasteiger partial charge in [0.25, 0.3) is 0 Å². The summed E-state index contributed by atoms with van der Waals surface area (Å²) >= 11 is 0. The highest BCUT2D eigenvalue weighted by molar-refractivity contribution is 5.72. The number of hydrazine groups is 1. The van der Waals surface area contributed by atoms with Crippen molar-refractivity contribution in [1.82, 2.24) is 15.3 Å². The Morgan fingerprint density at radius 3 is 2.71 bits per heavy atom. The lowest BCUT2D eigenvalue weighted by Crippen LogP contribution is -2.29. The number of likely N-dealkylation sites (tertiary alicyclic amines) is 1. The fourth-order valence-electron chi connectivity index (χ4n) is 3.58. The van der Waals surface area contributed by atoms with Gasteiger partial charge in [0, 0.05) is 31.4 Å². The highest BCUT2D eigenvalue weighted by atomic mass is 19.4. The molecule has 1 aliphatic rings. The summed E-state index contributed by atoms with van der Waals surface area (Å²) in [7, 11) is 0. The van der Waals surface area contributed by atoms with Crippen LogP contribution in [0.4, 0.5) is 13.2 Å². The fourth-order valence-corrected chi connectivity index (χ4v) is 3.58. The summed E-state index contributed by atoms with van der Waals surface area (Å²) in [6.45, 7) is 7.87. The topological polar surface area (TPSA) is 75.8 Å². The Hall–Kier alpha value is -2.75. The molecule has 1 atom stereocenters. The first-order valence-corrected chi connectivity index (χ1v) is 9.90. The van der Waals surface area contributed by atoms with Gasteiger partial charge in [0.1, 0.15) is 5.69 Å². The number of pyridine rings is 1. The van der Waals surface area contributed by atoms with Crippen LogP contribution in [0.2, 0.25) is 0 Å². The largest absolute Gasteiger partial charge is 0.433 e. The number of alkyl halides is 3. The standard InChI is InChI=1S/C22H26F3N5O/c1-15-5-3-4-6-18(15)21(27-2)19(29-26)14-31-17-9-10-30(13-17)12-16-7-8-20(28-11-16)22(23,24)25/h3-8,11,17,29H,2,9-10,12-14,26H2,1H3/b21-19-. The van der Waals surface area contributed by atoms with Crippen molar-refractivity contribution < 1.29 is 17.9 Å². The van der Waals surface area contributed by atoms with Gasteiger partial charge < -0.3 is 10.2 Å². The molecule has 1 aromatic carbocycles. The maximum absolute atomic E-state index is 12.7. The molecule has 1 aliphatic heterocycles. The number of aliphatic imine (C=N–C) groups is 1. The minimum atomic E-state index is -4.43. The number of hydrogen-bond donors (Lipinski definition) is 2. The molecule has 6 nitrogen and oxygen atoms in total. The van der Waals surface area contributed by atoms with Crippen LogP contribution in [0.25, 0.3) is 5.70 Å². The van der Waals surface area contributed by atoms with Gasteiger partial charge in [-0.05, 0) is 37.3 Å². The lowest BCUT2D eigenvalue weighted by Gasteiger charge is -2.18. The highest BCUT2D eigenvalue weighted by Gasteiger charge is 2.32. The average Bonchev–Trinajstić information content (AvgIpc) is 3.19. The van der Waals surface area contributed by atoms with Crippen molar-refractivity contribution in [2.24, 2.45) is 10.8 Å². The van der Waals surface area contributed by atoms with Crippen LogP contribution in [-0.2, 0) is 17.5 Å². The monoisotopic (exact) mass is 433 g/mol. The SMILES string of the molecule is C=N/C(=C(/COC1CCN(Cc2ccc(C(F)(F)F)nc2)C1)NN)c1ccccc1C. The fraction of sp³-hybridized carbons (Fsp3) is 0.364. The summed E-state index contributed by atoms with van der Waals surface area (Å²) in [6.07, 6.45) is -2.35. The molecule has 9 heteroatoms. The number of aryl methyl sites for hydroxylation is 1. The van der Waals surface area contributed by atoms with Gasteiger partial charge in [-0.15, -0.1) is 0 Å². The smallest absolute Gasteiger partial charge is 0.371 e. The number of nitrogens with zero attached hydrogens (tertiary/aromatic N) is 3. The summed E-state index contributed by atoms with van der Waals surface area (Å²) in [5, 5.41) is 0. The van der Waals surface area contributed by atoms with Gasteiger partial charge in [-0.3, -0.25) is 20.7 Å². The molecule has 1 fully saturated rings. The van der Waals surface area contributed by atoms with E-state index in [1.807, 2.05) is 31.2 Å². The van der Waals surface area contributed by atoms with Gasteiger partial charge in [-0.1, -0.05) is 30.3 Å². The number of hydrogen-bond acceptors (Lipinski definition) is 6. The van der Waals surface area contributed by atoms with Crippen LogP contribution in [-0.4, -0.2) is 42.4 Å². The molecule has 1 aromatic heterocycles. The molecule has 2 aromatic rings. The predicted molar refractivity (Wildman–Crippen MR) is 114 cm³/mol. The summed E-state index contributed by atoms with van der Waals surface area (Å²) < 4.78 is 44.0. The van der Waals surface area contributed by atoms with Crippen LogP contribution in [0.5, 0.6) is 0 Å². The van der Waals surface area contributed by atoms with E-state index in [9.17, 15) is 13.2 Å². The van der Waals surface area contributed by atoms with E-state index in [-0.39, 0.29) is 12.7 Å². The van der Waals surface area contributed by atoms with E-state index >= 15 is 0 Å². The first-order chi connectivity index (χ1) is 14.8. The van der Waals surface area contributed by atoms with Gasteiger partial charge in [0.2, 0.25) is 0 Å². The van der Waals surface area contributed by atoms with Crippen molar-refractivity contribution in [3.63, 3.8) is 0 Å². The van der Waals surface area contributed by atoms with Crippen molar-refractivity contribution in [2.45, 2.75) is 32.2 Å². The summed E-state index contributed by atoms with van der Waals surface area (Å²) in [6, 6.07) is 10.3. The predicted octanol–water partition coefficient (Wildman–Crippen LogP) is 3.53. The molecule has 0 spiro atoms. The number of nitrogens with one attached hydrogen (secondary N) is 1. The van der Waals surface area contributed by atoms with Gasteiger partial charge in [0.15, 0.2) is 0 Å². The zero-order valence-electron chi connectivity index (χ0n) is 17.3. The third-order valence-electron chi connectivity index (χ3n) is 5.23. The molecule has 2 heterocycles. The van der Waals surface area contributed by atoms with Crippen LogP contribution >= 0.6 is 0 Å². The zero-order chi connectivity index (χ0) is 22.4. The normalized spacial score (nSPS) is 18.0. The first-order valence-electron chi connectivity index (χ1n) is 9.90. The first kappa shape index (κ1) is 22.9. The average molecular weight is 433 g/mol. The second-order valence-electron chi connectivity index (χ2n) is 7.45. The third-order valence-corrected chi connectivity index (χ3v) is 5.23. The maximum Gasteiger partial charge on any atom is 0.433 e. The highest BCUT2D eigenvalue weighted by Crippen LogP contribution is 2.28. The Kier molecular flexibility index (Phi) is 7.42. The molecule has 0 amide bonds. The van der Waals surface area contributed by atoms with Crippen LogP contribution < -0.4 is 11.3 Å². The number of halogens is 3. The summed E-state index contributed by atoms with van der Waals surface area (Å²) in [4.78, 5) is 9.79. The molecular weight excluding hydrogens is 407 g/mol. The van der Waals surface area contributed by atoms with E-state index in [4.69, 9.17) is 10.6 Å². The Morgan fingerprint density at radius 2 is 2.10 bits per heavy atom. The van der Waals surface area contributed by atoms with Crippen LogP contribution in [0.3, 0.4) is 0 Å². The van der Waals surface area contributed by atoms with Crippen LogP contribution in [0, 0.1) is 6.92 Å². The van der Waals surface area contributed by atoms with E-state index in [1.165, 1.54) is 12.3 Å². The number of nitrogens with two attached hydrogens (primary N) is 1. The van der Waals surface area contributed by atoms with E-state index < -0.39 is 11.9 Å². The van der Waals surface area contributed by atoms with Gasteiger partial charge in [0.05, 0.1) is 24.1 Å². The zero-order valence-corrected chi connectivity index (χ0v) is 17.3. The van der Waals surface area contributed by atoms with Gasteiger partial charge in [-0.2, -0.15) is 13.2 Å². The Labute approximate surface area is 179 Å². The van der Waals surface area contributed by atoms with Crippen molar-refractivity contribution in [3.8, 4) is 0 Å². The molecule has 0 saturated carbocycles. The number of rotatable bonds is 8. The molecule has 0 radical (unpaired) electrons. The summed E-state index contributed by atoms with van der Waals surface area (Å²) in [5.74, 6) is 5.72. The van der Waals surface area contributed by atoms with Gasteiger partial charge in [-0.25, -0.2) is 0 Å². The minimum Gasteiger partial charge on any atom is -0.371 e. The summed E-state index contributed by atoms with van der Waals surface area (Å²) in [5.41, 5.74) is 5.79. The second-order valence-corrected chi connectivity index (χ2v) is 7.45. The third kappa shape index (κ3) is 5.90. The molecule has 166 valence electrons. The number of benzene rings is 1. The molecule has 0 bridgehead atoms. The van der Waals surface area contributed by atoms with E-state index in [2.05, 4.69) is 27.0 Å². The Balaban J connectivity index is 1.58. The lowest BCUT2D eigenvalue weighted by molar-refractivity contribution is -0.141. The molecule has 1 unspecified atom stereocenters. The second kappa shape index (κ2) is 10.0. The molecule has 3 rings (SSSR count). The quantitative estimate of drug-likeness (QED) is 0.378. The van der Waals surface area contributed by atoms with Gasteiger partial charge >= 0.3 is 6.18 Å².